The molecule has 130 valence electrons. The van der Waals surface area contributed by atoms with Crippen molar-refractivity contribution < 1.29 is 9.26 Å². The van der Waals surface area contributed by atoms with E-state index in [1.54, 1.807) is 0 Å². The topological polar surface area (TPSA) is 93.0 Å². The van der Waals surface area contributed by atoms with Gasteiger partial charge in [0.1, 0.15) is 11.9 Å². The summed E-state index contributed by atoms with van der Waals surface area (Å²) in [6.07, 6.45) is 0.519. The smallest absolute Gasteiger partial charge is 0.231 e. The normalized spacial score (nSPS) is 18.5. The van der Waals surface area contributed by atoms with Gasteiger partial charge in [-0.1, -0.05) is 35.5 Å². The number of ether oxygens (including phenoxy) is 1. The summed E-state index contributed by atoms with van der Waals surface area (Å²) in [6, 6.07) is 10.1. The molecule has 8 heteroatoms. The van der Waals surface area contributed by atoms with Crippen molar-refractivity contribution in [2.75, 3.05) is 19.7 Å². The Morgan fingerprint density at radius 1 is 1.24 bits per heavy atom. The molecule has 25 heavy (non-hydrogen) atoms. The third-order valence-corrected chi connectivity index (χ3v) is 4.13. The van der Waals surface area contributed by atoms with Crippen LogP contribution in [0.4, 0.5) is 0 Å². The van der Waals surface area contributed by atoms with Crippen molar-refractivity contribution in [3.05, 3.63) is 59.3 Å². The minimum atomic E-state index is -0.130. The number of morpholine rings is 1. The summed E-state index contributed by atoms with van der Waals surface area (Å²) in [6.45, 7) is 4.67. The van der Waals surface area contributed by atoms with Crippen LogP contribution in [0.25, 0.3) is 0 Å². The highest BCUT2D eigenvalue weighted by Crippen LogP contribution is 2.20. The Hall–Kier alpha value is -2.58. The van der Waals surface area contributed by atoms with Gasteiger partial charge in [0, 0.05) is 13.1 Å². The Kier molecular flexibility index (Phi) is 4.53. The summed E-state index contributed by atoms with van der Waals surface area (Å²) in [7, 11) is 0. The highest BCUT2D eigenvalue weighted by atomic mass is 16.5. The van der Waals surface area contributed by atoms with Crippen molar-refractivity contribution in [2.45, 2.75) is 26.0 Å². The zero-order chi connectivity index (χ0) is 17.1. The van der Waals surface area contributed by atoms with Gasteiger partial charge in [-0.05, 0) is 12.5 Å². The monoisotopic (exact) mass is 340 g/mol. The Balaban J connectivity index is 1.37. The first kappa shape index (κ1) is 15.9. The van der Waals surface area contributed by atoms with Crippen LogP contribution < -0.4 is 0 Å². The van der Waals surface area contributed by atoms with Crippen LogP contribution in [0.3, 0.4) is 0 Å². The Morgan fingerprint density at radius 2 is 2.12 bits per heavy atom. The maximum Gasteiger partial charge on any atom is 0.231 e. The van der Waals surface area contributed by atoms with Gasteiger partial charge >= 0.3 is 0 Å². The molecule has 2 aromatic heterocycles. The van der Waals surface area contributed by atoms with Gasteiger partial charge in [-0.15, -0.1) is 0 Å². The lowest BCUT2D eigenvalue weighted by Gasteiger charge is -2.30. The first-order chi connectivity index (χ1) is 12.3. The summed E-state index contributed by atoms with van der Waals surface area (Å²) < 4.78 is 11.2. The SMILES string of the molecule is Cc1nc(C2CN(Cc3noc(Cc4ccccc4)n3)CCO2)n[nH]1. The van der Waals surface area contributed by atoms with E-state index in [0.717, 1.165) is 17.9 Å². The fourth-order valence-electron chi connectivity index (χ4n) is 2.90. The molecule has 3 aromatic rings. The number of benzene rings is 1. The number of nitrogens with one attached hydrogen (secondary N) is 1. The molecule has 1 aliphatic rings. The lowest BCUT2D eigenvalue weighted by Crippen LogP contribution is -2.38. The summed E-state index contributed by atoms with van der Waals surface area (Å²) in [5.74, 6) is 2.81. The fraction of sp³-hybridized carbons (Fsp3) is 0.412. The molecule has 4 rings (SSSR count). The highest BCUT2D eigenvalue weighted by molar-refractivity contribution is 5.17. The van der Waals surface area contributed by atoms with E-state index in [1.807, 2.05) is 25.1 Å². The number of nitrogens with zero attached hydrogens (tertiary/aromatic N) is 5. The zero-order valence-electron chi connectivity index (χ0n) is 14.1. The van der Waals surface area contributed by atoms with E-state index in [0.29, 0.717) is 43.7 Å². The van der Waals surface area contributed by atoms with E-state index in [4.69, 9.17) is 9.26 Å². The first-order valence-electron chi connectivity index (χ1n) is 8.34. The minimum absolute atomic E-state index is 0.130. The molecule has 3 heterocycles. The lowest BCUT2D eigenvalue weighted by molar-refractivity contribution is -0.0379. The van der Waals surface area contributed by atoms with E-state index in [9.17, 15) is 0 Å². The molecule has 0 aliphatic carbocycles. The molecule has 0 spiro atoms. The molecule has 0 saturated carbocycles. The molecule has 0 amide bonds. The van der Waals surface area contributed by atoms with E-state index in [-0.39, 0.29) is 6.10 Å². The average Bonchev–Trinajstić information content (AvgIpc) is 3.25. The van der Waals surface area contributed by atoms with E-state index >= 15 is 0 Å². The number of aryl methyl sites for hydroxylation is 1. The van der Waals surface area contributed by atoms with Crippen molar-refractivity contribution in [1.29, 1.82) is 0 Å². The van der Waals surface area contributed by atoms with Crippen LogP contribution in [0, 0.1) is 6.92 Å². The second-order valence-corrected chi connectivity index (χ2v) is 6.14. The number of H-pyrrole nitrogens is 1. The molecular weight excluding hydrogens is 320 g/mol. The Morgan fingerprint density at radius 3 is 2.92 bits per heavy atom. The zero-order valence-corrected chi connectivity index (χ0v) is 14.1. The van der Waals surface area contributed by atoms with Crippen LogP contribution in [0.1, 0.15) is 35.0 Å². The van der Waals surface area contributed by atoms with Gasteiger partial charge in [0.25, 0.3) is 0 Å². The maximum atomic E-state index is 5.78. The molecule has 1 fully saturated rings. The number of aromatic amines is 1. The van der Waals surface area contributed by atoms with Crippen LogP contribution in [0.5, 0.6) is 0 Å². The van der Waals surface area contributed by atoms with Crippen LogP contribution in [-0.2, 0) is 17.7 Å². The van der Waals surface area contributed by atoms with Gasteiger partial charge in [-0.25, -0.2) is 4.98 Å². The van der Waals surface area contributed by atoms with Crippen molar-refractivity contribution in [3.8, 4) is 0 Å². The third-order valence-electron chi connectivity index (χ3n) is 4.13. The van der Waals surface area contributed by atoms with Crippen LogP contribution >= 0.6 is 0 Å². The average molecular weight is 340 g/mol. The number of rotatable bonds is 5. The second kappa shape index (κ2) is 7.12. The van der Waals surface area contributed by atoms with Gasteiger partial charge < -0.3 is 9.26 Å². The number of hydrogen-bond acceptors (Lipinski definition) is 7. The van der Waals surface area contributed by atoms with Gasteiger partial charge in [-0.3, -0.25) is 10.00 Å². The predicted octanol–water partition coefficient (Wildman–Crippen LogP) is 1.66. The molecule has 1 N–H and O–H groups in total. The third kappa shape index (κ3) is 3.92. The summed E-state index contributed by atoms with van der Waals surface area (Å²) in [4.78, 5) is 11.1. The van der Waals surface area contributed by atoms with Gasteiger partial charge in [0.2, 0.25) is 5.89 Å². The summed E-state index contributed by atoms with van der Waals surface area (Å²) in [5.41, 5.74) is 1.16. The van der Waals surface area contributed by atoms with Gasteiger partial charge in [0.15, 0.2) is 11.6 Å². The molecule has 0 radical (unpaired) electrons. The molecule has 1 aliphatic heterocycles. The molecular formula is C17H20N6O2. The second-order valence-electron chi connectivity index (χ2n) is 6.14. The first-order valence-corrected chi connectivity index (χ1v) is 8.34. The van der Waals surface area contributed by atoms with Crippen molar-refractivity contribution in [2.24, 2.45) is 0 Å². The molecule has 8 nitrogen and oxygen atoms in total. The van der Waals surface area contributed by atoms with Crippen LogP contribution in [0.15, 0.2) is 34.9 Å². The van der Waals surface area contributed by atoms with Gasteiger partial charge in [0.05, 0.1) is 19.6 Å². The summed E-state index contributed by atoms with van der Waals surface area (Å²) in [5, 5.41) is 11.2. The van der Waals surface area contributed by atoms with Crippen molar-refractivity contribution in [1.82, 2.24) is 30.2 Å². The van der Waals surface area contributed by atoms with E-state index in [2.05, 4.69) is 42.4 Å². The predicted molar refractivity (Wildman–Crippen MR) is 88.6 cm³/mol. The fourth-order valence-corrected chi connectivity index (χ4v) is 2.90. The highest BCUT2D eigenvalue weighted by Gasteiger charge is 2.26. The quantitative estimate of drug-likeness (QED) is 0.755. The molecule has 0 bridgehead atoms. The van der Waals surface area contributed by atoms with E-state index < -0.39 is 0 Å². The van der Waals surface area contributed by atoms with Gasteiger partial charge in [-0.2, -0.15) is 10.1 Å². The lowest BCUT2D eigenvalue weighted by atomic mass is 10.1. The maximum absolute atomic E-state index is 5.78. The summed E-state index contributed by atoms with van der Waals surface area (Å²) >= 11 is 0. The Bertz CT molecular complexity index is 815. The largest absolute Gasteiger partial charge is 0.367 e. The van der Waals surface area contributed by atoms with Crippen LogP contribution in [-0.4, -0.2) is 49.9 Å². The number of aromatic nitrogens is 5. The molecule has 1 unspecified atom stereocenters. The van der Waals surface area contributed by atoms with Crippen LogP contribution in [0.2, 0.25) is 0 Å². The van der Waals surface area contributed by atoms with E-state index in [1.165, 1.54) is 0 Å². The molecule has 1 atom stereocenters. The molecule has 1 aromatic carbocycles. The number of hydrogen-bond donors (Lipinski definition) is 1. The Labute approximate surface area is 145 Å². The standard InChI is InChI=1S/C17H20N6O2/c1-12-18-17(21-20-12)14-10-23(7-8-24-14)11-15-19-16(25-22-15)9-13-5-3-2-4-6-13/h2-6,14H,7-11H2,1H3,(H,18,20,21). The molecule has 1 saturated heterocycles. The minimum Gasteiger partial charge on any atom is -0.367 e. The van der Waals surface area contributed by atoms with Crippen molar-refractivity contribution in [3.63, 3.8) is 0 Å². The van der Waals surface area contributed by atoms with Crippen molar-refractivity contribution >= 4 is 0 Å².